The minimum Gasteiger partial charge on any atom is -0.444 e. The number of carbonyl (C=O) groups excluding carboxylic acids is 3. The van der Waals surface area contributed by atoms with E-state index in [1.807, 2.05) is 78.4 Å². The summed E-state index contributed by atoms with van der Waals surface area (Å²) in [4.78, 5) is 75.1. The van der Waals surface area contributed by atoms with E-state index < -0.39 is 11.2 Å². The van der Waals surface area contributed by atoms with E-state index >= 15 is 0 Å². The van der Waals surface area contributed by atoms with E-state index in [-0.39, 0.29) is 35.0 Å². The van der Waals surface area contributed by atoms with Gasteiger partial charge in [0.2, 0.25) is 11.9 Å². The number of carbonyl (C=O) groups is 3. The molecule has 3 fully saturated rings. The number of piperazine rings is 3. The van der Waals surface area contributed by atoms with Crippen LogP contribution in [-0.2, 0) is 14.2 Å². The van der Waals surface area contributed by atoms with Crippen molar-refractivity contribution in [3.8, 4) is 0 Å². The Morgan fingerprint density at radius 2 is 1.02 bits per heavy atom. The molecule has 3 amide bonds. The molecule has 6 heterocycles. The van der Waals surface area contributed by atoms with Crippen LogP contribution in [-0.4, -0.2) is 180 Å². The summed E-state index contributed by atoms with van der Waals surface area (Å²) in [5.74, 6) is 0.919. The Kier molecular flexibility index (Phi) is 19.5. The monoisotopic (exact) mass is 909 g/mol. The van der Waals surface area contributed by atoms with Gasteiger partial charge in [-0.15, -0.1) is 20.4 Å². The standard InChI is InChI=1S/C12H18ClN5O2.C12H19N5O3.C9H18N2O2.C4H5N3OS/c1-12(2,3)20-11(19)18-6-4-17(5-7-18)10-15-9(13)8-14-16-10;1-12(2,3)20-11(19)17-6-4-16(5-7-17)10-14-9(18)8-13-15-10;1-9(2,3)13-8(12)11-6-4-10-5-7-11;1-9-4-6-3(8)2-5-7-4/h8H,4-7H2,1-3H3;8H,4-7H2,1-3H3,(H,14,15,18);10H,4-7H2,1-3H3;2H,1H3,(H,6,7,8). The zero-order valence-electron chi connectivity index (χ0n) is 37.1. The minimum atomic E-state index is -0.496. The Morgan fingerprint density at radius 3 is 1.42 bits per heavy atom. The van der Waals surface area contributed by atoms with E-state index in [1.54, 1.807) is 14.7 Å². The van der Waals surface area contributed by atoms with E-state index in [0.29, 0.717) is 74.6 Å². The number of amides is 3. The molecule has 25 heteroatoms. The van der Waals surface area contributed by atoms with Crippen molar-refractivity contribution in [1.29, 1.82) is 0 Å². The lowest BCUT2D eigenvalue weighted by Crippen LogP contribution is -2.50. The molecule has 3 aromatic heterocycles. The molecule has 3 N–H and O–H groups in total. The lowest BCUT2D eigenvalue weighted by Gasteiger charge is -2.35. The molecule has 0 bridgehead atoms. The van der Waals surface area contributed by atoms with Crippen molar-refractivity contribution in [2.75, 3.05) is 94.6 Å². The molecule has 0 saturated carbocycles. The van der Waals surface area contributed by atoms with Gasteiger partial charge in [0.15, 0.2) is 10.3 Å². The summed E-state index contributed by atoms with van der Waals surface area (Å²) in [6.45, 7) is 24.5. The van der Waals surface area contributed by atoms with E-state index in [9.17, 15) is 24.0 Å². The van der Waals surface area contributed by atoms with Crippen LogP contribution in [0.25, 0.3) is 0 Å². The average Bonchev–Trinajstić information content (AvgIpc) is 3.20. The van der Waals surface area contributed by atoms with Crippen molar-refractivity contribution >= 4 is 53.5 Å². The first-order valence-electron chi connectivity index (χ1n) is 19.9. The lowest BCUT2D eigenvalue weighted by atomic mass is 10.2. The molecule has 0 unspecified atom stereocenters. The van der Waals surface area contributed by atoms with Crippen LogP contribution in [0, 0.1) is 0 Å². The van der Waals surface area contributed by atoms with Crippen molar-refractivity contribution in [1.82, 2.24) is 65.6 Å². The van der Waals surface area contributed by atoms with Gasteiger partial charge in [-0.2, -0.15) is 15.2 Å². The van der Waals surface area contributed by atoms with Gasteiger partial charge in [0, 0.05) is 78.5 Å². The van der Waals surface area contributed by atoms with Crippen molar-refractivity contribution in [2.24, 2.45) is 0 Å². The number of nitrogens with one attached hydrogen (secondary N) is 3. The molecule has 23 nitrogen and oxygen atoms in total. The average molecular weight is 911 g/mol. The molecule has 3 aliphatic heterocycles. The van der Waals surface area contributed by atoms with Crippen LogP contribution in [0.1, 0.15) is 62.3 Å². The predicted molar refractivity (Wildman–Crippen MR) is 233 cm³/mol. The Labute approximate surface area is 370 Å². The Morgan fingerprint density at radius 1 is 0.597 bits per heavy atom. The number of rotatable bonds is 3. The molecule has 62 heavy (non-hydrogen) atoms. The van der Waals surface area contributed by atoms with Crippen LogP contribution in [0.15, 0.2) is 33.3 Å². The molecule has 3 aliphatic rings. The fourth-order valence-corrected chi connectivity index (χ4v) is 5.71. The maximum absolute atomic E-state index is 11.9. The van der Waals surface area contributed by atoms with Gasteiger partial charge < -0.3 is 44.0 Å². The van der Waals surface area contributed by atoms with Crippen LogP contribution >= 0.6 is 23.4 Å². The molecule has 0 spiro atoms. The molecule has 344 valence electrons. The predicted octanol–water partition coefficient (Wildman–Crippen LogP) is 2.52. The number of thioether (sulfide) groups is 1. The number of halogens is 1. The topological polar surface area (TPSA) is 263 Å². The third-order valence-corrected chi connectivity index (χ3v) is 8.79. The summed E-state index contributed by atoms with van der Waals surface area (Å²) in [7, 11) is 0. The highest BCUT2D eigenvalue weighted by Crippen LogP contribution is 2.16. The second-order valence-corrected chi connectivity index (χ2v) is 17.9. The first kappa shape index (κ1) is 51.0. The number of aromatic amines is 2. The molecular weight excluding hydrogens is 850 g/mol. The van der Waals surface area contributed by atoms with E-state index in [0.717, 1.165) is 38.6 Å². The van der Waals surface area contributed by atoms with Crippen LogP contribution in [0.5, 0.6) is 0 Å². The summed E-state index contributed by atoms with van der Waals surface area (Å²) in [6.07, 6.45) is 4.67. The second kappa shape index (κ2) is 23.7. The van der Waals surface area contributed by atoms with Gasteiger partial charge in [-0.3, -0.25) is 19.6 Å². The summed E-state index contributed by atoms with van der Waals surface area (Å²) in [5, 5.41) is 26.3. The number of aromatic nitrogens is 9. The second-order valence-electron chi connectivity index (χ2n) is 16.7. The number of hydrogen-bond donors (Lipinski definition) is 3. The summed E-state index contributed by atoms with van der Waals surface area (Å²) in [6, 6.07) is 0. The molecule has 6 rings (SSSR count). The molecule has 0 radical (unpaired) electrons. The van der Waals surface area contributed by atoms with Gasteiger partial charge in [-0.1, -0.05) is 23.4 Å². The lowest BCUT2D eigenvalue weighted by molar-refractivity contribution is 0.0221. The van der Waals surface area contributed by atoms with Gasteiger partial charge in [0.05, 0.1) is 6.20 Å². The summed E-state index contributed by atoms with van der Waals surface area (Å²) >= 11 is 7.14. The zero-order valence-corrected chi connectivity index (χ0v) is 38.7. The SMILES string of the molecule is CC(C)(C)OC(=O)N1CCN(c2nncc(=O)[nH]2)CC1.CC(C)(C)OC(=O)N1CCN(c2nncc(Cl)n2)CC1.CC(C)(C)OC(=O)N1CCNCC1.CSc1nncc(=O)[nH]1. The van der Waals surface area contributed by atoms with Crippen LogP contribution in [0.2, 0.25) is 5.15 Å². The van der Waals surface area contributed by atoms with Crippen LogP contribution < -0.4 is 26.2 Å². The fraction of sp³-hybridized carbons (Fsp3) is 0.676. The van der Waals surface area contributed by atoms with Crippen molar-refractivity contribution < 1.29 is 28.6 Å². The van der Waals surface area contributed by atoms with E-state index in [4.69, 9.17) is 25.8 Å². The summed E-state index contributed by atoms with van der Waals surface area (Å²) in [5.41, 5.74) is -1.86. The Bertz CT molecular complexity index is 1990. The van der Waals surface area contributed by atoms with Gasteiger partial charge in [-0.25, -0.2) is 14.4 Å². The van der Waals surface area contributed by atoms with Crippen molar-refractivity contribution in [3.63, 3.8) is 0 Å². The van der Waals surface area contributed by atoms with Crippen LogP contribution in [0.4, 0.5) is 26.3 Å². The molecule has 0 atom stereocenters. The highest BCUT2D eigenvalue weighted by molar-refractivity contribution is 7.98. The quantitative estimate of drug-likeness (QED) is 0.252. The van der Waals surface area contributed by atoms with Crippen LogP contribution in [0.3, 0.4) is 0 Å². The molecule has 3 aromatic rings. The van der Waals surface area contributed by atoms with E-state index in [1.165, 1.54) is 18.0 Å². The first-order chi connectivity index (χ1) is 29.0. The first-order valence-corrected chi connectivity index (χ1v) is 21.5. The van der Waals surface area contributed by atoms with Crippen molar-refractivity contribution in [2.45, 2.75) is 84.3 Å². The fourth-order valence-electron chi connectivity index (χ4n) is 5.26. The normalized spacial score (nSPS) is 15.7. The maximum atomic E-state index is 11.9. The summed E-state index contributed by atoms with van der Waals surface area (Å²) < 4.78 is 15.9. The van der Waals surface area contributed by atoms with Gasteiger partial charge in [-0.05, 0) is 68.6 Å². The van der Waals surface area contributed by atoms with Gasteiger partial charge in [0.25, 0.3) is 11.1 Å². The molecule has 0 aromatic carbocycles. The number of H-pyrrole nitrogens is 2. The maximum Gasteiger partial charge on any atom is 0.410 e. The zero-order chi connectivity index (χ0) is 46.1. The highest BCUT2D eigenvalue weighted by atomic mass is 35.5. The number of anilines is 2. The third kappa shape index (κ3) is 19.6. The molecule has 0 aliphatic carbocycles. The third-order valence-electron chi connectivity index (χ3n) is 8.04. The number of nitrogens with zero attached hydrogens (tertiary/aromatic N) is 12. The number of ether oxygens (including phenoxy) is 3. The Balaban J connectivity index is 0.000000230. The van der Waals surface area contributed by atoms with E-state index in [2.05, 4.69) is 50.9 Å². The Hall–Kier alpha value is -5.36. The highest BCUT2D eigenvalue weighted by Gasteiger charge is 2.28. The smallest absolute Gasteiger partial charge is 0.410 e. The van der Waals surface area contributed by atoms with Gasteiger partial charge in [0.1, 0.15) is 29.2 Å². The molecule has 3 saturated heterocycles. The minimum absolute atomic E-state index is 0.200. The van der Waals surface area contributed by atoms with Crippen molar-refractivity contribution in [3.05, 3.63) is 44.5 Å². The molecular formula is C37H60ClN15O8S. The largest absolute Gasteiger partial charge is 0.444 e. The number of hydrogen-bond acceptors (Lipinski definition) is 19. The van der Waals surface area contributed by atoms with Gasteiger partial charge >= 0.3 is 18.3 Å².